The molecule has 0 saturated carbocycles. The van der Waals surface area contributed by atoms with Crippen LogP contribution in [0, 0.1) is 5.82 Å². The molecule has 7 heteroatoms. The van der Waals surface area contributed by atoms with Gasteiger partial charge in [-0.05, 0) is 41.5 Å². The molecule has 0 unspecified atom stereocenters. The summed E-state index contributed by atoms with van der Waals surface area (Å²) < 4.78 is 37.5. The third kappa shape index (κ3) is 6.31. The van der Waals surface area contributed by atoms with E-state index in [1.807, 2.05) is 0 Å². The monoisotopic (exact) mass is 348 g/mol. The molecule has 126 valence electrons. The summed E-state index contributed by atoms with van der Waals surface area (Å²) in [6.07, 6.45) is 3.92. The maximum Gasteiger partial charge on any atom is 0.248 e. The summed E-state index contributed by atoms with van der Waals surface area (Å²) in [4.78, 5) is 11.8. The van der Waals surface area contributed by atoms with E-state index >= 15 is 0 Å². The van der Waals surface area contributed by atoms with Crippen LogP contribution in [-0.2, 0) is 21.4 Å². The lowest BCUT2D eigenvalue weighted by Crippen LogP contribution is -2.21. The van der Waals surface area contributed by atoms with E-state index in [1.165, 1.54) is 24.3 Å². The Kier molecular flexibility index (Phi) is 5.83. The second kappa shape index (κ2) is 7.85. The zero-order valence-electron chi connectivity index (χ0n) is 13.0. The van der Waals surface area contributed by atoms with Gasteiger partial charge in [-0.3, -0.25) is 4.79 Å². The highest BCUT2D eigenvalue weighted by atomic mass is 32.2. The van der Waals surface area contributed by atoms with Crippen LogP contribution in [0.25, 0.3) is 6.08 Å². The highest BCUT2D eigenvalue weighted by Crippen LogP contribution is 2.10. The maximum absolute atomic E-state index is 13.0. The van der Waals surface area contributed by atoms with Gasteiger partial charge in [-0.25, -0.2) is 17.5 Å². The highest BCUT2D eigenvalue weighted by Gasteiger charge is 2.02. The van der Waals surface area contributed by atoms with E-state index in [1.54, 1.807) is 36.4 Å². The fourth-order valence-electron chi connectivity index (χ4n) is 1.89. The summed E-state index contributed by atoms with van der Waals surface area (Å²) in [6, 6.07) is 12.7. The molecule has 2 rings (SSSR count). The van der Waals surface area contributed by atoms with Crippen molar-refractivity contribution >= 4 is 27.7 Å². The van der Waals surface area contributed by atoms with Gasteiger partial charge in [0.25, 0.3) is 0 Å². The fraction of sp³-hybridized carbons (Fsp3) is 0.118. The van der Waals surface area contributed by atoms with E-state index in [-0.39, 0.29) is 18.3 Å². The van der Waals surface area contributed by atoms with Gasteiger partial charge in [0.15, 0.2) is 0 Å². The molecule has 0 aromatic heterocycles. The first kappa shape index (κ1) is 17.8. The Morgan fingerprint density at radius 3 is 2.50 bits per heavy atom. The van der Waals surface area contributed by atoms with Crippen molar-refractivity contribution in [3.63, 3.8) is 0 Å². The molecule has 0 aliphatic heterocycles. The van der Waals surface area contributed by atoms with Crippen LogP contribution < -0.4 is 10.0 Å². The Labute approximate surface area is 140 Å². The number of sulfonamides is 1. The van der Waals surface area contributed by atoms with Crippen molar-refractivity contribution in [2.45, 2.75) is 6.54 Å². The van der Waals surface area contributed by atoms with Gasteiger partial charge < -0.3 is 5.32 Å². The molecule has 0 aliphatic carbocycles. The van der Waals surface area contributed by atoms with E-state index in [2.05, 4.69) is 10.0 Å². The van der Waals surface area contributed by atoms with Crippen molar-refractivity contribution in [2.75, 3.05) is 11.6 Å². The van der Waals surface area contributed by atoms with Crippen molar-refractivity contribution < 1.29 is 17.6 Å². The molecule has 0 saturated heterocycles. The van der Waals surface area contributed by atoms with Gasteiger partial charge in [0, 0.05) is 18.3 Å². The second-order valence-corrected chi connectivity index (χ2v) is 7.00. The van der Waals surface area contributed by atoms with Gasteiger partial charge in [-0.2, -0.15) is 0 Å². The topological polar surface area (TPSA) is 75.3 Å². The third-order valence-electron chi connectivity index (χ3n) is 3.04. The van der Waals surface area contributed by atoms with Crippen LogP contribution in [0.1, 0.15) is 11.1 Å². The van der Waals surface area contributed by atoms with Gasteiger partial charge in [-0.15, -0.1) is 0 Å². The van der Waals surface area contributed by atoms with Crippen molar-refractivity contribution in [1.82, 2.24) is 4.72 Å². The van der Waals surface area contributed by atoms with Gasteiger partial charge in [0.2, 0.25) is 15.9 Å². The second-order valence-electron chi connectivity index (χ2n) is 5.17. The number of anilines is 1. The molecule has 24 heavy (non-hydrogen) atoms. The molecule has 0 spiro atoms. The third-order valence-corrected chi connectivity index (χ3v) is 3.70. The van der Waals surface area contributed by atoms with Crippen LogP contribution in [0.5, 0.6) is 0 Å². The quantitative estimate of drug-likeness (QED) is 0.788. The van der Waals surface area contributed by atoms with Crippen LogP contribution in [0.15, 0.2) is 54.6 Å². The number of amides is 1. The van der Waals surface area contributed by atoms with E-state index in [4.69, 9.17) is 0 Å². The predicted molar refractivity (Wildman–Crippen MR) is 92.2 cm³/mol. The van der Waals surface area contributed by atoms with E-state index in [0.717, 1.165) is 11.8 Å². The Morgan fingerprint density at radius 2 is 1.88 bits per heavy atom. The smallest absolute Gasteiger partial charge is 0.248 e. The Morgan fingerprint density at radius 1 is 1.17 bits per heavy atom. The minimum Gasteiger partial charge on any atom is -0.323 e. The molecule has 2 N–H and O–H groups in total. The van der Waals surface area contributed by atoms with Crippen LogP contribution in [0.3, 0.4) is 0 Å². The van der Waals surface area contributed by atoms with E-state index in [9.17, 15) is 17.6 Å². The van der Waals surface area contributed by atoms with Crippen LogP contribution in [0.2, 0.25) is 0 Å². The van der Waals surface area contributed by atoms with Crippen LogP contribution in [0.4, 0.5) is 10.1 Å². The predicted octanol–water partition coefficient (Wildman–Crippen LogP) is 2.53. The molecule has 0 radical (unpaired) electrons. The first-order valence-electron chi connectivity index (χ1n) is 7.10. The number of carbonyl (C=O) groups excluding carboxylic acids is 1. The molecule has 2 aromatic rings. The van der Waals surface area contributed by atoms with Gasteiger partial charge in [-0.1, -0.05) is 24.3 Å². The summed E-state index contributed by atoms with van der Waals surface area (Å²) in [6.45, 7) is 0.187. The average molecular weight is 348 g/mol. The molecule has 5 nitrogen and oxygen atoms in total. The normalized spacial score (nSPS) is 11.6. The van der Waals surface area contributed by atoms with Crippen LogP contribution in [-0.4, -0.2) is 20.6 Å². The first-order chi connectivity index (χ1) is 11.3. The number of hydrogen-bond donors (Lipinski definition) is 2. The molecule has 2 aromatic carbocycles. The largest absolute Gasteiger partial charge is 0.323 e. The molecular formula is C17H17FN2O3S. The SMILES string of the molecule is CS(=O)(=O)NCc1ccc(NC(=O)/C=C/c2cccc(F)c2)cc1. The van der Waals surface area contributed by atoms with Gasteiger partial charge in [0.05, 0.1) is 6.26 Å². The zero-order chi connectivity index (χ0) is 17.6. The zero-order valence-corrected chi connectivity index (χ0v) is 13.8. The molecule has 0 aliphatic rings. The van der Waals surface area contributed by atoms with E-state index in [0.29, 0.717) is 11.3 Å². The first-order valence-corrected chi connectivity index (χ1v) is 8.99. The van der Waals surface area contributed by atoms with E-state index < -0.39 is 10.0 Å². The molecule has 0 heterocycles. The summed E-state index contributed by atoms with van der Waals surface area (Å²) in [7, 11) is -3.24. The number of hydrogen-bond acceptors (Lipinski definition) is 3. The molecule has 0 atom stereocenters. The van der Waals surface area contributed by atoms with Crippen molar-refractivity contribution in [3.8, 4) is 0 Å². The molecule has 0 bridgehead atoms. The number of benzene rings is 2. The van der Waals surface area contributed by atoms with Crippen LogP contribution >= 0.6 is 0 Å². The maximum atomic E-state index is 13.0. The van der Waals surface area contributed by atoms with Crippen molar-refractivity contribution in [3.05, 3.63) is 71.6 Å². The Hall–Kier alpha value is -2.51. The minimum atomic E-state index is -3.24. The molecular weight excluding hydrogens is 331 g/mol. The summed E-state index contributed by atoms with van der Waals surface area (Å²) in [5.41, 5.74) is 1.94. The molecule has 0 fully saturated rings. The average Bonchev–Trinajstić information content (AvgIpc) is 2.52. The standard InChI is InChI=1S/C17H17FN2O3S/c1-24(22,23)19-12-14-5-8-16(9-6-14)20-17(21)10-7-13-3-2-4-15(18)11-13/h2-11,19H,12H2,1H3,(H,20,21)/b10-7+. The Balaban J connectivity index is 1.92. The number of rotatable bonds is 6. The minimum absolute atomic E-state index is 0.187. The highest BCUT2D eigenvalue weighted by molar-refractivity contribution is 7.88. The number of carbonyl (C=O) groups is 1. The lowest BCUT2D eigenvalue weighted by Gasteiger charge is -2.05. The summed E-state index contributed by atoms with van der Waals surface area (Å²) in [5, 5.41) is 2.67. The Bertz CT molecular complexity index is 846. The lowest BCUT2D eigenvalue weighted by molar-refractivity contribution is -0.111. The lowest BCUT2D eigenvalue weighted by atomic mass is 10.2. The molecule has 1 amide bonds. The number of halogens is 1. The summed E-state index contributed by atoms with van der Waals surface area (Å²) >= 11 is 0. The van der Waals surface area contributed by atoms with Crippen molar-refractivity contribution in [2.24, 2.45) is 0 Å². The van der Waals surface area contributed by atoms with Gasteiger partial charge in [0.1, 0.15) is 5.82 Å². The van der Waals surface area contributed by atoms with Crippen molar-refractivity contribution in [1.29, 1.82) is 0 Å². The fourth-order valence-corrected chi connectivity index (χ4v) is 2.32. The number of nitrogens with one attached hydrogen (secondary N) is 2. The summed E-state index contributed by atoms with van der Waals surface area (Å²) in [5.74, 6) is -0.711. The van der Waals surface area contributed by atoms with Gasteiger partial charge >= 0.3 is 0 Å².